The molecule has 0 N–H and O–H groups in total. The summed E-state index contributed by atoms with van der Waals surface area (Å²) in [6.07, 6.45) is 0.744. The van der Waals surface area contributed by atoms with Gasteiger partial charge in [0.15, 0.2) is 0 Å². The van der Waals surface area contributed by atoms with Crippen molar-refractivity contribution in [2.45, 2.75) is 6.42 Å². The van der Waals surface area contributed by atoms with Gasteiger partial charge in [-0.15, -0.1) is 0 Å². The summed E-state index contributed by atoms with van der Waals surface area (Å²) >= 11 is 3.80. The molecule has 0 radical (unpaired) electrons. The lowest BCUT2D eigenvalue weighted by Gasteiger charge is -1.99. The fraction of sp³-hybridized carbons (Fsp3) is 0.200. The Morgan fingerprint density at radius 3 is 2.50 bits per heavy atom. The maximum Gasteiger partial charge on any atom is 0.118 e. The van der Waals surface area contributed by atoms with Crippen LogP contribution in [0.5, 0.6) is 5.75 Å². The average molecular weight is 178 g/mol. The Balaban J connectivity index is 2.69. The molecule has 0 aliphatic rings. The SMILES string of the molecule is COc1ccc(CC#CS)cc1. The highest BCUT2D eigenvalue weighted by Gasteiger charge is 1.90. The van der Waals surface area contributed by atoms with Gasteiger partial charge in [-0.3, -0.25) is 0 Å². The number of benzene rings is 1. The molecule has 1 rings (SSSR count). The van der Waals surface area contributed by atoms with Gasteiger partial charge in [0.2, 0.25) is 0 Å². The highest BCUT2D eigenvalue weighted by Crippen LogP contribution is 2.11. The van der Waals surface area contributed by atoms with Crippen LogP contribution in [0.4, 0.5) is 0 Å². The molecule has 0 fully saturated rings. The van der Waals surface area contributed by atoms with E-state index in [9.17, 15) is 0 Å². The molecule has 0 saturated carbocycles. The number of thiol groups is 1. The van der Waals surface area contributed by atoms with Crippen molar-refractivity contribution in [3.63, 3.8) is 0 Å². The number of rotatable bonds is 2. The van der Waals surface area contributed by atoms with Crippen LogP contribution in [0.25, 0.3) is 0 Å². The normalized spacial score (nSPS) is 8.50. The largest absolute Gasteiger partial charge is 0.497 e. The molecule has 62 valence electrons. The molecule has 0 amide bonds. The number of hydrogen-bond donors (Lipinski definition) is 1. The molecule has 2 heteroatoms. The molecule has 0 saturated heterocycles. The maximum absolute atomic E-state index is 5.02. The molecule has 0 aliphatic heterocycles. The van der Waals surface area contributed by atoms with Crippen molar-refractivity contribution in [2.75, 3.05) is 7.11 Å². The van der Waals surface area contributed by atoms with Crippen LogP contribution in [0.3, 0.4) is 0 Å². The van der Waals surface area contributed by atoms with Crippen LogP contribution in [0.1, 0.15) is 5.56 Å². The van der Waals surface area contributed by atoms with Crippen molar-refractivity contribution in [3.05, 3.63) is 29.8 Å². The van der Waals surface area contributed by atoms with E-state index in [-0.39, 0.29) is 0 Å². The first-order valence-electron chi connectivity index (χ1n) is 3.61. The van der Waals surface area contributed by atoms with E-state index in [2.05, 4.69) is 23.8 Å². The lowest BCUT2D eigenvalue weighted by molar-refractivity contribution is 0.414. The molecule has 1 aromatic carbocycles. The summed E-state index contributed by atoms with van der Waals surface area (Å²) < 4.78 is 5.02. The standard InChI is InChI=1S/C10H10OS/c1-11-10-6-4-9(5-7-10)3-2-8-12/h4-7,12H,3H2,1H3. The van der Waals surface area contributed by atoms with Crippen LogP contribution in [0, 0.1) is 11.2 Å². The van der Waals surface area contributed by atoms with Gasteiger partial charge in [-0.25, -0.2) is 0 Å². The summed E-state index contributed by atoms with van der Waals surface area (Å²) in [6.45, 7) is 0. The predicted octanol–water partition coefficient (Wildman–Crippen LogP) is 2.13. The van der Waals surface area contributed by atoms with Crippen molar-refractivity contribution in [1.82, 2.24) is 0 Å². The highest BCUT2D eigenvalue weighted by atomic mass is 32.1. The van der Waals surface area contributed by atoms with Gasteiger partial charge in [-0.2, -0.15) is 0 Å². The van der Waals surface area contributed by atoms with Crippen molar-refractivity contribution in [1.29, 1.82) is 0 Å². The van der Waals surface area contributed by atoms with E-state index in [0.29, 0.717) is 0 Å². The van der Waals surface area contributed by atoms with E-state index in [1.807, 2.05) is 24.3 Å². The van der Waals surface area contributed by atoms with Gasteiger partial charge in [-0.1, -0.05) is 30.7 Å². The lowest BCUT2D eigenvalue weighted by atomic mass is 10.1. The zero-order chi connectivity index (χ0) is 8.81. The van der Waals surface area contributed by atoms with Crippen molar-refractivity contribution in [2.24, 2.45) is 0 Å². The van der Waals surface area contributed by atoms with E-state index >= 15 is 0 Å². The van der Waals surface area contributed by atoms with Crippen LogP contribution in [0.15, 0.2) is 24.3 Å². The zero-order valence-electron chi connectivity index (χ0n) is 6.87. The van der Waals surface area contributed by atoms with E-state index in [1.165, 1.54) is 5.56 Å². The summed E-state index contributed by atoms with van der Waals surface area (Å²) in [4.78, 5) is 0. The molecule has 0 heterocycles. The molecule has 0 spiro atoms. The van der Waals surface area contributed by atoms with Crippen LogP contribution in [0.2, 0.25) is 0 Å². The quantitative estimate of drug-likeness (QED) is 0.539. The predicted molar refractivity (Wildman–Crippen MR) is 53.5 cm³/mol. The Morgan fingerprint density at radius 1 is 1.33 bits per heavy atom. The van der Waals surface area contributed by atoms with Crippen LogP contribution < -0.4 is 4.74 Å². The molecule has 0 aromatic heterocycles. The first kappa shape index (κ1) is 9.02. The van der Waals surface area contributed by atoms with Crippen molar-refractivity contribution < 1.29 is 4.74 Å². The summed E-state index contributed by atoms with van der Waals surface area (Å²) in [5.74, 6) is 3.75. The van der Waals surface area contributed by atoms with Crippen LogP contribution >= 0.6 is 12.6 Å². The smallest absolute Gasteiger partial charge is 0.118 e. The lowest BCUT2D eigenvalue weighted by Crippen LogP contribution is -1.84. The van der Waals surface area contributed by atoms with E-state index < -0.39 is 0 Å². The number of ether oxygens (including phenoxy) is 1. The summed E-state index contributed by atoms with van der Waals surface area (Å²) in [7, 11) is 1.66. The highest BCUT2D eigenvalue weighted by molar-refractivity contribution is 7.85. The molecule has 1 aromatic rings. The molecular formula is C10H10OS. The summed E-state index contributed by atoms with van der Waals surface area (Å²) in [6, 6.07) is 7.85. The summed E-state index contributed by atoms with van der Waals surface area (Å²) in [5, 5.41) is 2.56. The fourth-order valence-electron chi connectivity index (χ4n) is 0.885. The Hall–Kier alpha value is -1.07. The van der Waals surface area contributed by atoms with E-state index in [1.54, 1.807) is 7.11 Å². The third-order valence-electron chi connectivity index (χ3n) is 1.53. The topological polar surface area (TPSA) is 9.23 Å². The first-order valence-corrected chi connectivity index (χ1v) is 4.06. The first-order chi connectivity index (χ1) is 5.86. The molecule has 12 heavy (non-hydrogen) atoms. The van der Waals surface area contributed by atoms with Gasteiger partial charge in [0.25, 0.3) is 0 Å². The van der Waals surface area contributed by atoms with Gasteiger partial charge in [0.1, 0.15) is 5.75 Å². The van der Waals surface area contributed by atoms with Gasteiger partial charge in [0.05, 0.1) is 7.11 Å². The van der Waals surface area contributed by atoms with Crippen LogP contribution in [-0.4, -0.2) is 7.11 Å². The third-order valence-corrected chi connectivity index (χ3v) is 1.69. The number of methoxy groups -OCH3 is 1. The Bertz CT molecular complexity index is 292. The molecule has 1 nitrogen and oxygen atoms in total. The fourth-order valence-corrected chi connectivity index (χ4v) is 0.964. The van der Waals surface area contributed by atoms with Crippen LogP contribution in [-0.2, 0) is 6.42 Å². The Kier molecular flexibility index (Phi) is 3.56. The molecule has 0 unspecified atom stereocenters. The summed E-state index contributed by atoms with van der Waals surface area (Å²) in [5.41, 5.74) is 1.18. The minimum absolute atomic E-state index is 0.744. The third kappa shape index (κ3) is 2.52. The molecule has 0 atom stereocenters. The zero-order valence-corrected chi connectivity index (χ0v) is 7.77. The minimum atomic E-state index is 0.744. The van der Waals surface area contributed by atoms with Crippen molar-refractivity contribution >= 4 is 12.6 Å². The Morgan fingerprint density at radius 2 is 2.00 bits per heavy atom. The molecule has 0 bridgehead atoms. The molecular weight excluding hydrogens is 168 g/mol. The van der Waals surface area contributed by atoms with Gasteiger partial charge >= 0.3 is 0 Å². The minimum Gasteiger partial charge on any atom is -0.497 e. The van der Waals surface area contributed by atoms with Gasteiger partial charge in [-0.05, 0) is 22.9 Å². The van der Waals surface area contributed by atoms with Gasteiger partial charge < -0.3 is 4.74 Å². The second kappa shape index (κ2) is 4.74. The van der Waals surface area contributed by atoms with E-state index in [4.69, 9.17) is 4.74 Å². The monoisotopic (exact) mass is 178 g/mol. The second-order valence-electron chi connectivity index (χ2n) is 2.31. The second-order valence-corrected chi connectivity index (χ2v) is 2.54. The Labute approximate surface area is 78.2 Å². The van der Waals surface area contributed by atoms with Gasteiger partial charge in [0, 0.05) is 6.42 Å². The average Bonchev–Trinajstić information content (AvgIpc) is 2.15. The number of hydrogen-bond acceptors (Lipinski definition) is 2. The van der Waals surface area contributed by atoms with E-state index in [0.717, 1.165) is 12.2 Å². The maximum atomic E-state index is 5.02. The van der Waals surface area contributed by atoms with Crippen molar-refractivity contribution in [3.8, 4) is 16.9 Å². The molecule has 0 aliphatic carbocycles.